The molecule has 0 unspecified atom stereocenters. The molecule has 0 amide bonds. The first-order valence-electron chi connectivity index (χ1n) is 7.52. The first-order chi connectivity index (χ1) is 8.45. The highest BCUT2D eigenvalue weighted by atomic mass is 14.5. The van der Waals surface area contributed by atoms with Crippen LogP contribution in [0, 0.1) is 11.3 Å². The van der Waals surface area contributed by atoms with Crippen molar-refractivity contribution < 1.29 is 0 Å². The Kier molecular flexibility index (Phi) is 5.01. The normalized spacial score (nSPS) is 20.6. The molecule has 0 aromatic heterocycles. The zero-order valence-electron chi connectivity index (χ0n) is 13.0. The average molecular weight is 246 g/mol. The van der Waals surface area contributed by atoms with Gasteiger partial charge in [0.2, 0.25) is 0 Å². The molecule has 0 N–H and O–H groups in total. The maximum atomic E-state index is 4.29. The first-order valence-corrected chi connectivity index (χ1v) is 7.52. The van der Waals surface area contributed by atoms with E-state index in [1.54, 1.807) is 5.57 Å². The van der Waals surface area contributed by atoms with Gasteiger partial charge in [-0.25, -0.2) is 0 Å². The molecule has 1 saturated carbocycles. The Morgan fingerprint density at radius 3 is 1.89 bits per heavy atom. The molecule has 2 rings (SSSR count). The summed E-state index contributed by atoms with van der Waals surface area (Å²) >= 11 is 0. The fraction of sp³-hybridized carbons (Fsp3) is 0.667. The van der Waals surface area contributed by atoms with Gasteiger partial charge in [0.25, 0.3) is 0 Å². The van der Waals surface area contributed by atoms with E-state index in [-0.39, 0.29) is 0 Å². The van der Waals surface area contributed by atoms with Crippen molar-refractivity contribution in [1.29, 1.82) is 0 Å². The largest absolute Gasteiger partial charge is 0.0958 e. The topological polar surface area (TPSA) is 0 Å². The Hall–Kier alpha value is -0.780. The maximum Gasteiger partial charge on any atom is -0.0213 e. The minimum atomic E-state index is 0.569. The molecule has 1 spiro atoms. The molecule has 0 radical (unpaired) electrons. The molecule has 0 bridgehead atoms. The Morgan fingerprint density at radius 2 is 1.56 bits per heavy atom. The third-order valence-corrected chi connectivity index (χ3v) is 4.48. The molecule has 2 aliphatic carbocycles. The molecule has 0 aliphatic heterocycles. The summed E-state index contributed by atoms with van der Waals surface area (Å²) in [6.07, 6.45) is 6.79. The second-order valence-corrected chi connectivity index (χ2v) is 6.12. The van der Waals surface area contributed by atoms with E-state index < -0.39 is 0 Å². The summed E-state index contributed by atoms with van der Waals surface area (Å²) in [6.45, 7) is 19.1. The van der Waals surface area contributed by atoms with Gasteiger partial charge >= 0.3 is 0 Å². The number of rotatable bonds is 3. The molecule has 0 aromatic rings. The molecular formula is C18H30. The van der Waals surface area contributed by atoms with Crippen molar-refractivity contribution in [3.63, 3.8) is 0 Å². The lowest BCUT2D eigenvalue weighted by Gasteiger charge is -2.39. The summed E-state index contributed by atoms with van der Waals surface area (Å²) in [5.41, 5.74) is 6.30. The van der Waals surface area contributed by atoms with Crippen LogP contribution in [0.4, 0.5) is 0 Å². The predicted molar refractivity (Wildman–Crippen MR) is 82.7 cm³/mol. The van der Waals surface area contributed by atoms with Crippen LogP contribution in [-0.2, 0) is 0 Å². The van der Waals surface area contributed by atoms with Gasteiger partial charge in [-0.05, 0) is 60.7 Å². The molecule has 0 heteroatoms. The first kappa shape index (κ1) is 15.3. The van der Waals surface area contributed by atoms with Crippen LogP contribution in [0.15, 0.2) is 35.5 Å². The molecule has 102 valence electrons. The van der Waals surface area contributed by atoms with E-state index in [4.69, 9.17) is 0 Å². The lowest BCUT2D eigenvalue weighted by atomic mass is 9.66. The lowest BCUT2D eigenvalue weighted by molar-refractivity contribution is 0.148. The summed E-state index contributed by atoms with van der Waals surface area (Å²) in [7, 11) is 0. The van der Waals surface area contributed by atoms with Crippen molar-refractivity contribution in [2.75, 3.05) is 0 Å². The van der Waals surface area contributed by atoms with Gasteiger partial charge in [-0.15, -0.1) is 0 Å². The van der Waals surface area contributed by atoms with Gasteiger partial charge in [0, 0.05) is 0 Å². The van der Waals surface area contributed by atoms with Gasteiger partial charge in [-0.1, -0.05) is 52.8 Å². The highest BCUT2D eigenvalue weighted by molar-refractivity contribution is 5.48. The standard InChI is InChI=1S/C16H24.C2H6/c1-11(2)13(5)15-10-16(7-6-8-16)9-14(15)12(3)4;1-2/h11H,3,5-10H2,1-2,4H3;1-2H3. The van der Waals surface area contributed by atoms with E-state index in [2.05, 4.69) is 33.9 Å². The quantitative estimate of drug-likeness (QED) is 0.567. The maximum absolute atomic E-state index is 4.29. The fourth-order valence-electron chi connectivity index (χ4n) is 3.12. The summed E-state index contributed by atoms with van der Waals surface area (Å²) in [5.74, 6) is 0.569. The Bertz CT molecular complexity index is 361. The molecule has 0 heterocycles. The Labute approximate surface area is 114 Å². The van der Waals surface area contributed by atoms with Crippen molar-refractivity contribution in [3.05, 3.63) is 35.5 Å². The molecule has 0 atom stereocenters. The molecule has 0 nitrogen and oxygen atoms in total. The van der Waals surface area contributed by atoms with Crippen LogP contribution >= 0.6 is 0 Å². The van der Waals surface area contributed by atoms with Crippen LogP contribution in [0.25, 0.3) is 0 Å². The van der Waals surface area contributed by atoms with Crippen molar-refractivity contribution in [1.82, 2.24) is 0 Å². The zero-order chi connectivity index (χ0) is 13.9. The molecule has 2 aliphatic rings. The van der Waals surface area contributed by atoms with Gasteiger partial charge in [0.15, 0.2) is 0 Å². The lowest BCUT2D eigenvalue weighted by Crippen LogP contribution is -2.26. The van der Waals surface area contributed by atoms with E-state index in [0.717, 1.165) is 0 Å². The fourth-order valence-corrected chi connectivity index (χ4v) is 3.12. The molecule has 0 saturated heterocycles. The van der Waals surface area contributed by atoms with Gasteiger partial charge < -0.3 is 0 Å². The predicted octanol–water partition coefficient (Wildman–Crippen LogP) is 6.06. The highest BCUT2D eigenvalue weighted by Gasteiger charge is 2.43. The molecule has 1 fully saturated rings. The zero-order valence-corrected chi connectivity index (χ0v) is 13.0. The van der Waals surface area contributed by atoms with Crippen molar-refractivity contribution >= 4 is 0 Å². The Balaban J connectivity index is 0.000000771. The van der Waals surface area contributed by atoms with Crippen LogP contribution < -0.4 is 0 Å². The molecule has 0 aromatic carbocycles. The van der Waals surface area contributed by atoms with E-state index in [9.17, 15) is 0 Å². The van der Waals surface area contributed by atoms with Gasteiger partial charge in [-0.3, -0.25) is 0 Å². The molecule has 18 heavy (non-hydrogen) atoms. The van der Waals surface area contributed by atoms with Gasteiger partial charge in [0.1, 0.15) is 0 Å². The minimum Gasteiger partial charge on any atom is -0.0958 e. The van der Waals surface area contributed by atoms with Crippen LogP contribution in [0.1, 0.15) is 66.7 Å². The average Bonchev–Trinajstić information content (AvgIpc) is 2.71. The second-order valence-electron chi connectivity index (χ2n) is 6.12. The van der Waals surface area contributed by atoms with Gasteiger partial charge in [0.05, 0.1) is 0 Å². The Morgan fingerprint density at radius 1 is 1.06 bits per heavy atom. The summed E-state index contributed by atoms with van der Waals surface area (Å²) < 4.78 is 0. The summed E-state index contributed by atoms with van der Waals surface area (Å²) in [6, 6.07) is 0. The summed E-state index contributed by atoms with van der Waals surface area (Å²) in [5, 5.41) is 0. The van der Waals surface area contributed by atoms with Crippen LogP contribution in [0.3, 0.4) is 0 Å². The van der Waals surface area contributed by atoms with E-state index in [1.807, 2.05) is 13.8 Å². The van der Waals surface area contributed by atoms with E-state index >= 15 is 0 Å². The third kappa shape index (κ3) is 2.79. The third-order valence-electron chi connectivity index (χ3n) is 4.48. The number of hydrogen-bond donors (Lipinski definition) is 0. The monoisotopic (exact) mass is 246 g/mol. The molecular weight excluding hydrogens is 216 g/mol. The summed E-state index contributed by atoms with van der Waals surface area (Å²) in [4.78, 5) is 0. The van der Waals surface area contributed by atoms with Gasteiger partial charge in [-0.2, -0.15) is 0 Å². The van der Waals surface area contributed by atoms with Crippen LogP contribution in [0.5, 0.6) is 0 Å². The smallest absolute Gasteiger partial charge is 0.0213 e. The minimum absolute atomic E-state index is 0.569. The van der Waals surface area contributed by atoms with Crippen LogP contribution in [-0.4, -0.2) is 0 Å². The second kappa shape index (κ2) is 5.91. The number of hydrogen-bond acceptors (Lipinski definition) is 0. The van der Waals surface area contributed by atoms with E-state index in [0.29, 0.717) is 11.3 Å². The van der Waals surface area contributed by atoms with Crippen molar-refractivity contribution in [2.24, 2.45) is 11.3 Å². The van der Waals surface area contributed by atoms with Crippen LogP contribution in [0.2, 0.25) is 0 Å². The number of allylic oxidation sites excluding steroid dienone is 4. The van der Waals surface area contributed by atoms with Crippen molar-refractivity contribution in [3.8, 4) is 0 Å². The van der Waals surface area contributed by atoms with E-state index in [1.165, 1.54) is 48.8 Å². The van der Waals surface area contributed by atoms with Crippen molar-refractivity contribution in [2.45, 2.75) is 66.7 Å². The highest BCUT2D eigenvalue weighted by Crippen LogP contribution is 2.57. The SMILES string of the molecule is C=C(C)C1=C(C(=C)C(C)C)CC2(CCC2)C1.CC.